The minimum absolute atomic E-state index is 0.101. The molecule has 2 unspecified atom stereocenters. The molecule has 1 heterocycles. The van der Waals surface area contributed by atoms with E-state index in [-0.39, 0.29) is 31.1 Å². The van der Waals surface area contributed by atoms with Gasteiger partial charge in [0.1, 0.15) is 11.4 Å². The number of nitrogens with zero attached hydrogens (tertiary/aromatic N) is 2. The summed E-state index contributed by atoms with van der Waals surface area (Å²) in [4.78, 5) is 28.3. The van der Waals surface area contributed by atoms with Crippen LogP contribution in [-0.4, -0.2) is 41.0 Å². The Morgan fingerprint density at radius 2 is 2.16 bits per heavy atom. The number of imide groups is 1. The fraction of sp³-hybridized carbons (Fsp3) is 0.556. The van der Waals surface area contributed by atoms with Crippen LogP contribution in [0.2, 0.25) is 5.02 Å². The number of benzene rings is 1. The van der Waals surface area contributed by atoms with E-state index >= 15 is 0 Å². The zero-order chi connectivity index (χ0) is 18.2. The van der Waals surface area contributed by atoms with Crippen molar-refractivity contribution >= 4 is 23.5 Å². The monoisotopic (exact) mass is 367 g/mol. The first-order chi connectivity index (χ1) is 11.8. The number of carbonyl (C=O) groups is 2. The first-order valence-corrected chi connectivity index (χ1v) is 8.98. The highest BCUT2D eigenvalue weighted by molar-refractivity contribution is 6.31. The number of hydrogen-bond acceptors (Lipinski definition) is 3. The van der Waals surface area contributed by atoms with Gasteiger partial charge in [0.2, 0.25) is 0 Å². The topological polar surface area (TPSA) is 52.7 Å². The van der Waals surface area contributed by atoms with Gasteiger partial charge >= 0.3 is 6.03 Å². The van der Waals surface area contributed by atoms with Crippen LogP contribution in [0.3, 0.4) is 0 Å². The predicted octanol–water partition coefficient (Wildman–Crippen LogP) is 3.37. The van der Waals surface area contributed by atoms with Gasteiger partial charge in [0, 0.05) is 17.1 Å². The van der Waals surface area contributed by atoms with Crippen LogP contribution in [0.15, 0.2) is 18.2 Å². The Labute approximate surface area is 152 Å². The van der Waals surface area contributed by atoms with E-state index in [1.165, 1.54) is 11.0 Å². The minimum atomic E-state index is -0.772. The largest absolute Gasteiger partial charge is 0.326 e. The third kappa shape index (κ3) is 3.25. The van der Waals surface area contributed by atoms with Gasteiger partial charge in [-0.3, -0.25) is 9.69 Å². The standard InChI is InChI=1S/C18H23ClFN3O2/c1-12-6-3-4-9-18(12)16(24)23(17(25)21-18)11-22(2)10-13-14(19)7-5-8-15(13)20/h5,7-8,12H,3-4,6,9-11H2,1-2H3,(H,21,25). The fourth-order valence-corrected chi connectivity index (χ4v) is 4.09. The number of hydrogen-bond donors (Lipinski definition) is 1. The first kappa shape index (κ1) is 18.1. The van der Waals surface area contributed by atoms with Crippen LogP contribution in [0.4, 0.5) is 9.18 Å². The van der Waals surface area contributed by atoms with Gasteiger partial charge in [0.25, 0.3) is 5.91 Å². The lowest BCUT2D eigenvalue weighted by atomic mass is 9.73. The lowest BCUT2D eigenvalue weighted by Crippen LogP contribution is -2.54. The molecule has 7 heteroatoms. The summed E-state index contributed by atoms with van der Waals surface area (Å²) in [5, 5.41) is 3.26. The summed E-state index contributed by atoms with van der Waals surface area (Å²) < 4.78 is 13.9. The number of rotatable bonds is 4. The molecule has 0 radical (unpaired) electrons. The van der Waals surface area contributed by atoms with Gasteiger partial charge in [-0.2, -0.15) is 0 Å². The lowest BCUT2D eigenvalue weighted by Gasteiger charge is -2.37. The highest BCUT2D eigenvalue weighted by Gasteiger charge is 2.54. The van der Waals surface area contributed by atoms with E-state index in [0.717, 1.165) is 19.3 Å². The summed E-state index contributed by atoms with van der Waals surface area (Å²) in [6.07, 6.45) is 3.63. The molecule has 3 rings (SSSR count). The number of nitrogens with one attached hydrogen (secondary N) is 1. The third-order valence-corrected chi connectivity index (χ3v) is 5.73. The maximum Gasteiger partial charge on any atom is 0.326 e. The van der Waals surface area contributed by atoms with E-state index in [0.29, 0.717) is 17.0 Å². The molecular weight excluding hydrogens is 345 g/mol. The van der Waals surface area contributed by atoms with Gasteiger partial charge in [0.15, 0.2) is 0 Å². The predicted molar refractivity (Wildman–Crippen MR) is 93.5 cm³/mol. The number of urea groups is 1. The normalized spacial score (nSPS) is 26.6. The quantitative estimate of drug-likeness (QED) is 0.830. The van der Waals surface area contributed by atoms with E-state index in [4.69, 9.17) is 11.6 Å². The molecule has 1 aliphatic carbocycles. The molecule has 25 heavy (non-hydrogen) atoms. The van der Waals surface area contributed by atoms with Crippen molar-refractivity contribution in [3.8, 4) is 0 Å². The highest BCUT2D eigenvalue weighted by Crippen LogP contribution is 2.38. The third-order valence-electron chi connectivity index (χ3n) is 5.37. The minimum Gasteiger partial charge on any atom is -0.323 e. The van der Waals surface area contributed by atoms with Crippen LogP contribution in [0.25, 0.3) is 0 Å². The van der Waals surface area contributed by atoms with Gasteiger partial charge in [-0.05, 0) is 37.9 Å². The number of carbonyl (C=O) groups excluding carboxylic acids is 2. The summed E-state index contributed by atoms with van der Waals surface area (Å²) in [5.41, 5.74) is -0.411. The van der Waals surface area contributed by atoms with Gasteiger partial charge in [-0.15, -0.1) is 0 Å². The molecule has 0 bridgehead atoms. The lowest BCUT2D eigenvalue weighted by molar-refractivity contribution is -0.135. The SMILES string of the molecule is CC1CCCCC12NC(=O)N(CN(C)Cc1c(F)cccc1Cl)C2=O. The molecule has 1 saturated heterocycles. The van der Waals surface area contributed by atoms with Crippen molar-refractivity contribution < 1.29 is 14.0 Å². The average Bonchev–Trinajstić information content (AvgIpc) is 2.79. The zero-order valence-electron chi connectivity index (χ0n) is 14.5. The van der Waals surface area contributed by atoms with Crippen molar-refractivity contribution in [2.24, 2.45) is 5.92 Å². The van der Waals surface area contributed by atoms with Crippen molar-refractivity contribution in [2.75, 3.05) is 13.7 Å². The molecule has 1 aromatic rings. The molecule has 2 fully saturated rings. The molecule has 2 aliphatic rings. The van der Waals surface area contributed by atoms with Crippen molar-refractivity contribution in [3.63, 3.8) is 0 Å². The second kappa shape index (κ2) is 6.92. The Morgan fingerprint density at radius 3 is 2.84 bits per heavy atom. The smallest absolute Gasteiger partial charge is 0.323 e. The molecular formula is C18H23ClFN3O2. The van der Waals surface area contributed by atoms with E-state index in [9.17, 15) is 14.0 Å². The van der Waals surface area contributed by atoms with E-state index in [1.54, 1.807) is 24.1 Å². The Morgan fingerprint density at radius 1 is 1.40 bits per heavy atom. The Balaban J connectivity index is 1.72. The van der Waals surface area contributed by atoms with Crippen molar-refractivity contribution in [1.29, 1.82) is 0 Å². The van der Waals surface area contributed by atoms with Crippen LogP contribution in [0.1, 0.15) is 38.2 Å². The van der Waals surface area contributed by atoms with Gasteiger partial charge < -0.3 is 5.32 Å². The van der Waals surface area contributed by atoms with Crippen LogP contribution in [0, 0.1) is 11.7 Å². The molecule has 136 valence electrons. The van der Waals surface area contributed by atoms with Crippen molar-refractivity contribution in [1.82, 2.24) is 15.1 Å². The Kier molecular flexibility index (Phi) is 5.02. The number of halogens is 2. The highest BCUT2D eigenvalue weighted by atomic mass is 35.5. The maximum atomic E-state index is 13.9. The van der Waals surface area contributed by atoms with Gasteiger partial charge in [0.05, 0.1) is 6.67 Å². The summed E-state index contributed by atoms with van der Waals surface area (Å²) in [6.45, 7) is 2.33. The van der Waals surface area contributed by atoms with Gasteiger partial charge in [-0.25, -0.2) is 14.1 Å². The summed E-state index contributed by atoms with van der Waals surface area (Å²) in [7, 11) is 1.73. The van der Waals surface area contributed by atoms with Crippen molar-refractivity contribution in [2.45, 2.75) is 44.7 Å². The van der Waals surface area contributed by atoms with Crippen LogP contribution in [0.5, 0.6) is 0 Å². The second-order valence-electron chi connectivity index (χ2n) is 7.14. The molecule has 5 nitrogen and oxygen atoms in total. The summed E-state index contributed by atoms with van der Waals surface area (Å²) in [6, 6.07) is 4.15. The zero-order valence-corrected chi connectivity index (χ0v) is 15.3. The second-order valence-corrected chi connectivity index (χ2v) is 7.54. The first-order valence-electron chi connectivity index (χ1n) is 8.60. The molecule has 1 aliphatic heterocycles. The summed E-state index contributed by atoms with van der Waals surface area (Å²) >= 11 is 6.06. The number of amides is 3. The van der Waals surface area contributed by atoms with Crippen molar-refractivity contribution in [3.05, 3.63) is 34.6 Å². The molecule has 1 spiro atoms. The Bertz CT molecular complexity index is 679. The molecule has 1 N–H and O–H groups in total. The molecule has 1 saturated carbocycles. The van der Waals surface area contributed by atoms with Crippen LogP contribution in [-0.2, 0) is 11.3 Å². The molecule has 3 amide bonds. The fourth-order valence-electron chi connectivity index (χ4n) is 3.87. The molecule has 2 atom stereocenters. The Hall–Kier alpha value is -1.66. The maximum absolute atomic E-state index is 13.9. The molecule has 1 aromatic carbocycles. The van der Waals surface area contributed by atoms with E-state index in [1.807, 2.05) is 6.92 Å². The van der Waals surface area contributed by atoms with Crippen LogP contribution >= 0.6 is 11.6 Å². The van der Waals surface area contributed by atoms with E-state index in [2.05, 4.69) is 5.32 Å². The summed E-state index contributed by atoms with van der Waals surface area (Å²) in [5.74, 6) is -0.445. The van der Waals surface area contributed by atoms with Gasteiger partial charge in [-0.1, -0.05) is 37.4 Å². The van der Waals surface area contributed by atoms with E-state index < -0.39 is 11.4 Å². The molecule has 0 aromatic heterocycles. The van der Waals surface area contributed by atoms with Crippen LogP contribution < -0.4 is 5.32 Å². The average molecular weight is 368 g/mol.